The highest BCUT2D eigenvalue weighted by Crippen LogP contribution is 2.35. The second-order valence-corrected chi connectivity index (χ2v) is 8.97. The smallest absolute Gasteiger partial charge is 0.325 e. The summed E-state index contributed by atoms with van der Waals surface area (Å²) in [5, 5.41) is 2.74. The van der Waals surface area contributed by atoms with Crippen molar-refractivity contribution < 1.29 is 28.6 Å². The van der Waals surface area contributed by atoms with Gasteiger partial charge in [0.2, 0.25) is 0 Å². The normalized spacial score (nSPS) is 22.3. The van der Waals surface area contributed by atoms with E-state index < -0.39 is 17.5 Å². The number of rotatable bonds is 8. The Morgan fingerprint density at radius 3 is 2.56 bits per heavy atom. The lowest BCUT2D eigenvalue weighted by atomic mass is 9.91. The van der Waals surface area contributed by atoms with E-state index in [1.54, 1.807) is 25.1 Å². The molecule has 34 heavy (non-hydrogen) atoms. The number of carbonyl (C=O) groups is 3. The molecule has 1 aromatic carbocycles. The largest absolute Gasteiger partial charge is 0.493 e. The second kappa shape index (κ2) is 9.13. The van der Waals surface area contributed by atoms with E-state index in [0.717, 1.165) is 35.7 Å². The molecule has 2 aromatic rings. The Labute approximate surface area is 199 Å². The van der Waals surface area contributed by atoms with E-state index in [4.69, 9.17) is 14.2 Å². The van der Waals surface area contributed by atoms with Gasteiger partial charge in [-0.05, 0) is 57.4 Å². The topological polar surface area (TPSA) is 99.1 Å². The number of carbonyl (C=O) groups excluding carboxylic acids is 3. The van der Waals surface area contributed by atoms with Gasteiger partial charge in [-0.25, -0.2) is 4.79 Å². The van der Waals surface area contributed by atoms with Crippen LogP contribution >= 0.6 is 0 Å². The number of ketones is 1. The van der Waals surface area contributed by atoms with Crippen LogP contribution in [0.3, 0.4) is 0 Å². The summed E-state index contributed by atoms with van der Waals surface area (Å²) in [5.41, 5.74) is 1.48. The van der Waals surface area contributed by atoms with Gasteiger partial charge >= 0.3 is 6.03 Å². The van der Waals surface area contributed by atoms with E-state index >= 15 is 0 Å². The maximum atomic E-state index is 13.3. The number of Topliss-reactive ketones (excluding diaryl/α,β-unsaturated/α-hetero) is 1. The number of benzene rings is 1. The number of nitrogens with zero attached hydrogens (tertiary/aromatic N) is 2. The van der Waals surface area contributed by atoms with Gasteiger partial charge < -0.3 is 24.1 Å². The third-order valence-electron chi connectivity index (χ3n) is 6.82. The molecular formula is C25H31N3O6. The average molecular weight is 470 g/mol. The summed E-state index contributed by atoms with van der Waals surface area (Å²) in [6.45, 7) is 6.56. The molecule has 9 heteroatoms. The molecule has 2 saturated heterocycles. The van der Waals surface area contributed by atoms with Gasteiger partial charge in [-0.15, -0.1) is 0 Å². The Kier molecular flexibility index (Phi) is 6.40. The molecule has 0 bridgehead atoms. The molecule has 0 aliphatic carbocycles. The Bertz CT molecular complexity index is 1130. The van der Waals surface area contributed by atoms with Crippen LogP contribution in [0.15, 0.2) is 24.3 Å². The Balaban J connectivity index is 1.54. The number of methoxy groups -OCH3 is 2. The van der Waals surface area contributed by atoms with Gasteiger partial charge in [0.1, 0.15) is 5.54 Å². The zero-order valence-electron chi connectivity index (χ0n) is 20.3. The van der Waals surface area contributed by atoms with Crippen LogP contribution in [0.1, 0.15) is 47.1 Å². The summed E-state index contributed by atoms with van der Waals surface area (Å²) in [6, 6.07) is 6.24. The Morgan fingerprint density at radius 2 is 1.91 bits per heavy atom. The number of nitrogens with one attached hydrogen (secondary N) is 1. The SMILES string of the molecule is COc1ccc([C@]2(C)NC(=O)N(CC(=O)c3cc(C)n(C[C@@H]4CCCO4)c3C)C2=O)cc1OC. The molecule has 4 rings (SSSR count). The first-order valence-corrected chi connectivity index (χ1v) is 11.4. The quantitative estimate of drug-likeness (QED) is 0.471. The fourth-order valence-corrected chi connectivity index (χ4v) is 4.77. The number of aromatic nitrogens is 1. The number of amides is 3. The van der Waals surface area contributed by atoms with Gasteiger partial charge in [0.15, 0.2) is 17.3 Å². The summed E-state index contributed by atoms with van der Waals surface area (Å²) in [6.07, 6.45) is 2.18. The van der Waals surface area contributed by atoms with Crippen molar-refractivity contribution in [1.82, 2.24) is 14.8 Å². The molecule has 2 aliphatic rings. The molecule has 1 aromatic heterocycles. The number of hydrogen-bond donors (Lipinski definition) is 1. The molecule has 2 fully saturated rings. The van der Waals surface area contributed by atoms with Crippen LogP contribution in [0.5, 0.6) is 11.5 Å². The van der Waals surface area contributed by atoms with Crippen molar-refractivity contribution in [3.8, 4) is 11.5 Å². The van der Waals surface area contributed by atoms with Gasteiger partial charge in [0.05, 0.1) is 26.9 Å². The van der Waals surface area contributed by atoms with Crippen molar-refractivity contribution in [2.45, 2.75) is 51.8 Å². The van der Waals surface area contributed by atoms with Crippen molar-refractivity contribution in [2.24, 2.45) is 0 Å². The van der Waals surface area contributed by atoms with Crippen molar-refractivity contribution >= 4 is 17.7 Å². The van der Waals surface area contributed by atoms with E-state index in [1.807, 2.05) is 19.9 Å². The predicted octanol–water partition coefficient (Wildman–Crippen LogP) is 2.95. The van der Waals surface area contributed by atoms with Crippen molar-refractivity contribution in [3.05, 3.63) is 46.8 Å². The van der Waals surface area contributed by atoms with E-state index in [2.05, 4.69) is 9.88 Å². The van der Waals surface area contributed by atoms with E-state index in [-0.39, 0.29) is 18.4 Å². The minimum atomic E-state index is -1.33. The van der Waals surface area contributed by atoms with Crippen molar-refractivity contribution in [1.29, 1.82) is 0 Å². The minimum absolute atomic E-state index is 0.140. The Morgan fingerprint density at radius 1 is 1.18 bits per heavy atom. The van der Waals surface area contributed by atoms with Gasteiger partial charge in [0.25, 0.3) is 5.91 Å². The number of imide groups is 1. The average Bonchev–Trinajstić information content (AvgIpc) is 3.50. The molecule has 182 valence electrons. The lowest BCUT2D eigenvalue weighted by Crippen LogP contribution is -2.41. The number of hydrogen-bond acceptors (Lipinski definition) is 6. The second-order valence-electron chi connectivity index (χ2n) is 8.97. The number of urea groups is 1. The first-order valence-electron chi connectivity index (χ1n) is 11.4. The van der Waals surface area contributed by atoms with E-state index in [0.29, 0.717) is 29.2 Å². The molecule has 1 N–H and O–H groups in total. The zero-order valence-corrected chi connectivity index (χ0v) is 20.3. The molecule has 0 spiro atoms. The van der Waals surface area contributed by atoms with Crippen LogP contribution < -0.4 is 14.8 Å². The molecule has 0 unspecified atom stereocenters. The van der Waals surface area contributed by atoms with Crippen molar-refractivity contribution in [2.75, 3.05) is 27.4 Å². The molecular weight excluding hydrogens is 438 g/mol. The lowest BCUT2D eigenvalue weighted by Gasteiger charge is -2.23. The maximum absolute atomic E-state index is 13.3. The third-order valence-corrected chi connectivity index (χ3v) is 6.82. The zero-order chi connectivity index (χ0) is 24.6. The predicted molar refractivity (Wildman–Crippen MR) is 124 cm³/mol. The van der Waals surface area contributed by atoms with Gasteiger partial charge in [0, 0.05) is 30.1 Å². The Hall–Kier alpha value is -3.33. The standard InChI is InChI=1S/C25H31N3O6/c1-15-11-19(16(2)27(15)13-18-7-6-10-34-18)20(29)14-28-23(30)25(3,26-24(28)31)17-8-9-21(32-4)22(12-17)33-5/h8-9,11-12,18H,6-7,10,13-14H2,1-5H3,(H,26,31)/t18-,25-/m0/s1. The van der Waals surface area contributed by atoms with Crippen LogP contribution in [-0.2, 0) is 21.6 Å². The summed E-state index contributed by atoms with van der Waals surface area (Å²) in [7, 11) is 3.02. The summed E-state index contributed by atoms with van der Waals surface area (Å²) in [4.78, 5) is 40.3. The van der Waals surface area contributed by atoms with Gasteiger partial charge in [-0.1, -0.05) is 6.07 Å². The van der Waals surface area contributed by atoms with Crippen LogP contribution in [0.4, 0.5) is 4.79 Å². The molecule has 3 heterocycles. The van der Waals surface area contributed by atoms with Crippen molar-refractivity contribution in [3.63, 3.8) is 0 Å². The molecule has 3 amide bonds. The summed E-state index contributed by atoms with van der Waals surface area (Å²) >= 11 is 0. The fourth-order valence-electron chi connectivity index (χ4n) is 4.77. The molecule has 2 aliphatic heterocycles. The maximum Gasteiger partial charge on any atom is 0.325 e. The van der Waals surface area contributed by atoms with Gasteiger partial charge in [-0.3, -0.25) is 14.5 Å². The van der Waals surface area contributed by atoms with Crippen LogP contribution in [0, 0.1) is 13.8 Å². The first-order chi connectivity index (χ1) is 16.2. The first kappa shape index (κ1) is 23.8. The monoisotopic (exact) mass is 469 g/mol. The van der Waals surface area contributed by atoms with Gasteiger partial charge in [-0.2, -0.15) is 0 Å². The summed E-state index contributed by atoms with van der Waals surface area (Å²) in [5.74, 6) is 0.173. The highest BCUT2D eigenvalue weighted by molar-refractivity contribution is 6.11. The molecule has 0 saturated carbocycles. The lowest BCUT2D eigenvalue weighted by molar-refractivity contribution is -0.130. The number of ether oxygens (including phenoxy) is 3. The van der Waals surface area contributed by atoms with Crippen LogP contribution in [0.2, 0.25) is 0 Å². The molecule has 2 atom stereocenters. The summed E-state index contributed by atoms with van der Waals surface area (Å²) < 4.78 is 18.4. The van der Waals surface area contributed by atoms with E-state index in [1.165, 1.54) is 14.2 Å². The molecule has 9 nitrogen and oxygen atoms in total. The highest BCUT2D eigenvalue weighted by atomic mass is 16.5. The van der Waals surface area contributed by atoms with Crippen LogP contribution in [0.25, 0.3) is 0 Å². The number of aryl methyl sites for hydroxylation is 1. The van der Waals surface area contributed by atoms with Crippen LogP contribution in [-0.4, -0.2) is 60.7 Å². The highest BCUT2D eigenvalue weighted by Gasteiger charge is 2.50. The fraction of sp³-hybridized carbons (Fsp3) is 0.480. The third kappa shape index (κ3) is 4.04. The van der Waals surface area contributed by atoms with E-state index in [9.17, 15) is 14.4 Å². The molecule has 0 radical (unpaired) electrons. The minimum Gasteiger partial charge on any atom is -0.493 e.